The van der Waals surface area contributed by atoms with Gasteiger partial charge in [-0.25, -0.2) is 9.78 Å². The molecule has 0 aliphatic heterocycles. The molecule has 8 nitrogen and oxygen atoms in total. The van der Waals surface area contributed by atoms with Gasteiger partial charge in [-0.05, 0) is 25.9 Å². The molecule has 0 radical (unpaired) electrons. The summed E-state index contributed by atoms with van der Waals surface area (Å²) in [6.07, 6.45) is 3.22. The van der Waals surface area contributed by atoms with Crippen LogP contribution < -0.4 is 11.2 Å². The highest BCUT2D eigenvalue weighted by atomic mass is 16.3. The molecule has 0 atom stereocenters. The first-order valence-electron chi connectivity index (χ1n) is 7.95. The van der Waals surface area contributed by atoms with Gasteiger partial charge in [-0.15, -0.1) is 0 Å². The zero-order valence-corrected chi connectivity index (χ0v) is 14.0. The molecule has 2 rings (SSSR count). The number of aliphatic hydroxyl groups excluding tert-OH is 1. The van der Waals surface area contributed by atoms with Crippen LogP contribution in [0.4, 0.5) is 0 Å². The Kier molecular flexibility index (Phi) is 5.73. The molecule has 0 saturated carbocycles. The normalized spacial score (nSPS) is 11.7. The van der Waals surface area contributed by atoms with E-state index < -0.39 is 0 Å². The summed E-state index contributed by atoms with van der Waals surface area (Å²) in [5, 5.41) is 9.07. The molecule has 0 aliphatic carbocycles. The molecule has 23 heavy (non-hydrogen) atoms. The molecule has 8 heteroatoms. The quantitative estimate of drug-likeness (QED) is 0.710. The van der Waals surface area contributed by atoms with E-state index in [2.05, 4.69) is 16.8 Å². The van der Waals surface area contributed by atoms with Gasteiger partial charge in [0, 0.05) is 27.2 Å². The molecule has 0 spiro atoms. The van der Waals surface area contributed by atoms with Gasteiger partial charge in [-0.2, -0.15) is 0 Å². The second kappa shape index (κ2) is 7.56. The van der Waals surface area contributed by atoms with Crippen LogP contribution in [0.3, 0.4) is 0 Å². The molecule has 128 valence electrons. The van der Waals surface area contributed by atoms with Gasteiger partial charge in [0.2, 0.25) is 0 Å². The molecule has 0 aromatic carbocycles. The van der Waals surface area contributed by atoms with Gasteiger partial charge in [0.15, 0.2) is 11.2 Å². The maximum Gasteiger partial charge on any atom is 0.332 e. The van der Waals surface area contributed by atoms with Crippen molar-refractivity contribution in [3.8, 4) is 0 Å². The molecule has 0 aliphatic rings. The predicted octanol–water partition coefficient (Wildman–Crippen LogP) is -0.472. The minimum atomic E-state index is -0.342. The topological polar surface area (TPSA) is 85.3 Å². The largest absolute Gasteiger partial charge is 0.395 e. The highest BCUT2D eigenvalue weighted by Gasteiger charge is 2.14. The van der Waals surface area contributed by atoms with Gasteiger partial charge in [0.25, 0.3) is 5.56 Å². The minimum Gasteiger partial charge on any atom is -0.395 e. The summed E-state index contributed by atoms with van der Waals surface area (Å²) in [7, 11) is 3.37. The van der Waals surface area contributed by atoms with Crippen LogP contribution >= 0.6 is 0 Å². The summed E-state index contributed by atoms with van der Waals surface area (Å²) in [6, 6.07) is 0. The molecule has 0 bridgehead atoms. The number of imidazole rings is 1. The highest BCUT2D eigenvalue weighted by Crippen LogP contribution is 2.03. The summed E-state index contributed by atoms with van der Waals surface area (Å²) >= 11 is 0. The summed E-state index contributed by atoms with van der Waals surface area (Å²) in [5.41, 5.74) is 0.206. The molecule has 0 amide bonds. The lowest BCUT2D eigenvalue weighted by atomic mass is 10.3. The Morgan fingerprint density at radius 2 is 1.96 bits per heavy atom. The van der Waals surface area contributed by atoms with Gasteiger partial charge >= 0.3 is 5.69 Å². The fourth-order valence-corrected chi connectivity index (χ4v) is 2.84. The lowest BCUT2D eigenvalue weighted by Gasteiger charge is -2.20. The Bertz CT molecular complexity index is 768. The van der Waals surface area contributed by atoms with Crippen molar-refractivity contribution in [2.24, 2.45) is 14.1 Å². The summed E-state index contributed by atoms with van der Waals surface area (Å²) in [6.45, 7) is 4.81. The smallest absolute Gasteiger partial charge is 0.332 e. The number of rotatable bonds is 8. The fraction of sp³-hybridized carbons (Fsp3) is 0.667. The Morgan fingerprint density at radius 1 is 1.22 bits per heavy atom. The van der Waals surface area contributed by atoms with Crippen LogP contribution in [0.2, 0.25) is 0 Å². The fourth-order valence-electron chi connectivity index (χ4n) is 2.84. The van der Waals surface area contributed by atoms with E-state index >= 15 is 0 Å². The standard InChI is InChI=1S/C15H25N5O3/c1-4-6-19(9-10-21)7-5-8-20-14(22)12-13(16-11-17(12)2)18(3)15(20)23/h11,21H,4-10H2,1-3H3. The Balaban J connectivity index is 2.22. The van der Waals surface area contributed by atoms with Crippen molar-refractivity contribution in [3.05, 3.63) is 27.2 Å². The molecular weight excluding hydrogens is 298 g/mol. The van der Waals surface area contributed by atoms with Crippen LogP contribution in [0, 0.1) is 0 Å². The van der Waals surface area contributed by atoms with Crippen molar-refractivity contribution >= 4 is 11.2 Å². The van der Waals surface area contributed by atoms with Crippen molar-refractivity contribution in [2.45, 2.75) is 26.3 Å². The average Bonchev–Trinajstić information content (AvgIpc) is 2.91. The van der Waals surface area contributed by atoms with Crippen molar-refractivity contribution in [2.75, 3.05) is 26.2 Å². The minimum absolute atomic E-state index is 0.114. The second-order valence-corrected chi connectivity index (χ2v) is 5.74. The van der Waals surface area contributed by atoms with Crippen LogP contribution in [0.15, 0.2) is 15.9 Å². The van der Waals surface area contributed by atoms with E-state index in [1.165, 1.54) is 9.13 Å². The predicted molar refractivity (Wildman–Crippen MR) is 88.6 cm³/mol. The molecular formula is C15H25N5O3. The van der Waals surface area contributed by atoms with Crippen molar-refractivity contribution in [1.82, 2.24) is 23.6 Å². The third kappa shape index (κ3) is 3.53. The van der Waals surface area contributed by atoms with E-state index in [0.29, 0.717) is 30.7 Å². The van der Waals surface area contributed by atoms with Gasteiger partial charge in [0.05, 0.1) is 12.9 Å². The van der Waals surface area contributed by atoms with E-state index in [1.807, 2.05) is 0 Å². The van der Waals surface area contributed by atoms with Crippen LogP contribution in [-0.2, 0) is 20.6 Å². The number of hydrogen-bond donors (Lipinski definition) is 1. The van der Waals surface area contributed by atoms with Crippen LogP contribution in [-0.4, -0.2) is 54.9 Å². The zero-order valence-electron chi connectivity index (χ0n) is 14.0. The van der Waals surface area contributed by atoms with Crippen molar-refractivity contribution in [3.63, 3.8) is 0 Å². The van der Waals surface area contributed by atoms with Gasteiger partial charge in [0.1, 0.15) is 0 Å². The van der Waals surface area contributed by atoms with Gasteiger partial charge < -0.3 is 14.6 Å². The van der Waals surface area contributed by atoms with Crippen LogP contribution in [0.5, 0.6) is 0 Å². The number of hydrogen-bond acceptors (Lipinski definition) is 5. The van der Waals surface area contributed by atoms with Crippen LogP contribution in [0.25, 0.3) is 11.2 Å². The van der Waals surface area contributed by atoms with Gasteiger partial charge in [-0.1, -0.05) is 6.92 Å². The van der Waals surface area contributed by atoms with E-state index in [1.54, 1.807) is 25.0 Å². The van der Waals surface area contributed by atoms with Crippen LogP contribution in [0.1, 0.15) is 19.8 Å². The summed E-state index contributed by atoms with van der Waals surface area (Å²) < 4.78 is 4.32. The molecule has 1 N–H and O–H groups in total. The highest BCUT2D eigenvalue weighted by molar-refractivity contribution is 5.69. The molecule has 2 aromatic rings. The van der Waals surface area contributed by atoms with E-state index in [0.717, 1.165) is 19.5 Å². The van der Waals surface area contributed by atoms with E-state index in [9.17, 15) is 9.59 Å². The van der Waals surface area contributed by atoms with Crippen molar-refractivity contribution in [1.29, 1.82) is 0 Å². The monoisotopic (exact) mass is 323 g/mol. The third-order valence-corrected chi connectivity index (χ3v) is 4.01. The second-order valence-electron chi connectivity index (χ2n) is 5.74. The van der Waals surface area contributed by atoms with Gasteiger partial charge in [-0.3, -0.25) is 13.9 Å². The molecule has 0 saturated heterocycles. The molecule has 0 unspecified atom stereocenters. The maximum absolute atomic E-state index is 12.5. The molecule has 0 fully saturated rings. The van der Waals surface area contributed by atoms with E-state index in [4.69, 9.17) is 5.11 Å². The summed E-state index contributed by atoms with van der Waals surface area (Å²) in [5.74, 6) is 0. The summed E-state index contributed by atoms with van der Waals surface area (Å²) in [4.78, 5) is 31.2. The SMILES string of the molecule is CCCN(CCO)CCCn1c(=O)c2c(ncn2C)n(C)c1=O. The average molecular weight is 323 g/mol. The molecule has 2 aromatic heterocycles. The first-order valence-corrected chi connectivity index (χ1v) is 7.95. The first kappa shape index (κ1) is 17.4. The first-order chi connectivity index (χ1) is 11.0. The van der Waals surface area contributed by atoms with Crippen molar-refractivity contribution < 1.29 is 5.11 Å². The molecule has 2 heterocycles. The maximum atomic E-state index is 12.5. The Labute approximate surface area is 134 Å². The number of fused-ring (bicyclic) bond motifs is 1. The zero-order chi connectivity index (χ0) is 17.0. The number of aliphatic hydroxyl groups is 1. The number of aryl methyl sites for hydroxylation is 2. The third-order valence-electron chi connectivity index (χ3n) is 4.01. The lowest BCUT2D eigenvalue weighted by Crippen LogP contribution is -2.40. The Morgan fingerprint density at radius 3 is 2.61 bits per heavy atom. The van der Waals surface area contributed by atoms with E-state index in [-0.39, 0.29) is 17.9 Å². The Hall–Kier alpha value is -1.93. The lowest BCUT2D eigenvalue weighted by molar-refractivity contribution is 0.192. The number of nitrogens with zero attached hydrogens (tertiary/aromatic N) is 5. The number of aromatic nitrogens is 4.